The van der Waals surface area contributed by atoms with E-state index in [0.717, 1.165) is 21.3 Å². The van der Waals surface area contributed by atoms with Gasteiger partial charge in [-0.05, 0) is 30.3 Å². The van der Waals surface area contributed by atoms with Crippen molar-refractivity contribution in [3.8, 4) is 16.9 Å². The van der Waals surface area contributed by atoms with Crippen molar-refractivity contribution >= 4 is 33.9 Å². The SMILES string of the molecule is NC(=O)COC(=O)/C=C/c1cn(-c2ccccc2)nc1-c1ccc(Br)cc1. The smallest absolute Gasteiger partial charge is 0.331 e. The number of nitrogens with zero attached hydrogens (tertiary/aromatic N) is 2. The van der Waals surface area contributed by atoms with Crippen molar-refractivity contribution in [2.24, 2.45) is 5.73 Å². The molecule has 0 unspecified atom stereocenters. The van der Waals surface area contributed by atoms with Gasteiger partial charge in [0.25, 0.3) is 5.91 Å². The standard InChI is InChI=1S/C20H16BrN3O3/c21-16-9-6-14(7-10-16)20-15(8-11-19(26)27-13-18(22)25)12-24(23-20)17-4-2-1-3-5-17/h1-12H,13H2,(H2,22,25)/b11-8+. The van der Waals surface area contributed by atoms with Gasteiger partial charge in [0.05, 0.1) is 11.4 Å². The molecule has 3 rings (SSSR count). The molecule has 0 radical (unpaired) electrons. The Morgan fingerprint density at radius 3 is 2.48 bits per heavy atom. The molecule has 1 heterocycles. The Bertz CT molecular complexity index is 979. The predicted octanol–water partition coefficient (Wildman–Crippen LogP) is 3.34. The molecule has 136 valence electrons. The quantitative estimate of drug-likeness (QED) is 0.484. The Labute approximate surface area is 164 Å². The number of halogens is 1. The van der Waals surface area contributed by atoms with Gasteiger partial charge in [-0.25, -0.2) is 9.48 Å². The van der Waals surface area contributed by atoms with E-state index in [1.165, 1.54) is 6.08 Å². The van der Waals surface area contributed by atoms with Gasteiger partial charge in [0.1, 0.15) is 0 Å². The van der Waals surface area contributed by atoms with E-state index in [2.05, 4.69) is 21.0 Å². The van der Waals surface area contributed by atoms with Crippen LogP contribution in [0.4, 0.5) is 0 Å². The molecule has 0 atom stereocenters. The lowest BCUT2D eigenvalue weighted by Gasteiger charge is -2.01. The Balaban J connectivity index is 1.95. The van der Waals surface area contributed by atoms with Crippen LogP contribution >= 0.6 is 15.9 Å². The van der Waals surface area contributed by atoms with E-state index in [1.807, 2.05) is 60.8 Å². The van der Waals surface area contributed by atoms with Crippen LogP contribution in [0.3, 0.4) is 0 Å². The van der Waals surface area contributed by atoms with E-state index in [1.54, 1.807) is 10.8 Å². The molecule has 0 spiro atoms. The fraction of sp³-hybridized carbons (Fsp3) is 0.0500. The van der Waals surface area contributed by atoms with E-state index in [-0.39, 0.29) is 0 Å². The molecule has 2 aromatic carbocycles. The second-order valence-corrected chi connectivity index (χ2v) is 6.54. The molecular formula is C20H16BrN3O3. The number of aromatic nitrogens is 2. The van der Waals surface area contributed by atoms with Gasteiger partial charge in [-0.1, -0.05) is 46.3 Å². The molecule has 3 aromatic rings. The van der Waals surface area contributed by atoms with Crippen molar-refractivity contribution < 1.29 is 14.3 Å². The first-order valence-corrected chi connectivity index (χ1v) is 8.86. The zero-order valence-electron chi connectivity index (χ0n) is 14.2. The summed E-state index contributed by atoms with van der Waals surface area (Å²) in [6.45, 7) is -0.452. The number of hydrogen-bond acceptors (Lipinski definition) is 4. The highest BCUT2D eigenvalue weighted by Gasteiger charge is 2.11. The maximum atomic E-state index is 11.7. The number of benzene rings is 2. The first-order valence-electron chi connectivity index (χ1n) is 8.07. The summed E-state index contributed by atoms with van der Waals surface area (Å²) >= 11 is 3.42. The van der Waals surface area contributed by atoms with Crippen molar-refractivity contribution in [2.75, 3.05) is 6.61 Å². The number of hydrogen-bond donors (Lipinski definition) is 1. The number of rotatable bonds is 6. The minimum atomic E-state index is -0.704. The number of ether oxygens (including phenoxy) is 1. The zero-order chi connectivity index (χ0) is 19.2. The van der Waals surface area contributed by atoms with E-state index in [9.17, 15) is 9.59 Å². The van der Waals surface area contributed by atoms with Crippen LogP contribution in [-0.2, 0) is 14.3 Å². The van der Waals surface area contributed by atoms with Gasteiger partial charge >= 0.3 is 5.97 Å². The fourth-order valence-corrected chi connectivity index (χ4v) is 2.67. The summed E-state index contributed by atoms with van der Waals surface area (Å²) in [6, 6.07) is 17.4. The molecule has 0 aliphatic heterocycles. The molecule has 0 bridgehead atoms. The normalized spacial score (nSPS) is 10.9. The van der Waals surface area contributed by atoms with Crippen LogP contribution in [0, 0.1) is 0 Å². The maximum absolute atomic E-state index is 11.7. The van der Waals surface area contributed by atoms with Crippen molar-refractivity contribution in [2.45, 2.75) is 0 Å². The summed E-state index contributed by atoms with van der Waals surface area (Å²) < 4.78 is 7.45. The van der Waals surface area contributed by atoms with Crippen molar-refractivity contribution in [1.29, 1.82) is 0 Å². The lowest BCUT2D eigenvalue weighted by atomic mass is 10.1. The van der Waals surface area contributed by atoms with Crippen LogP contribution in [0.25, 0.3) is 23.0 Å². The van der Waals surface area contributed by atoms with Gasteiger partial charge in [0, 0.05) is 27.9 Å². The predicted molar refractivity (Wildman–Crippen MR) is 106 cm³/mol. The number of carbonyl (C=O) groups excluding carboxylic acids is 2. The van der Waals surface area contributed by atoms with Crippen LogP contribution in [0.2, 0.25) is 0 Å². The highest BCUT2D eigenvalue weighted by atomic mass is 79.9. The maximum Gasteiger partial charge on any atom is 0.331 e. The van der Waals surface area contributed by atoms with Crippen molar-refractivity contribution in [1.82, 2.24) is 9.78 Å². The topological polar surface area (TPSA) is 87.2 Å². The van der Waals surface area contributed by atoms with Gasteiger partial charge in [-0.2, -0.15) is 5.10 Å². The van der Waals surface area contributed by atoms with Crippen molar-refractivity contribution in [3.63, 3.8) is 0 Å². The molecule has 0 aliphatic rings. The molecule has 7 heteroatoms. The summed E-state index contributed by atoms with van der Waals surface area (Å²) in [7, 11) is 0. The lowest BCUT2D eigenvalue weighted by molar-refractivity contribution is -0.142. The summed E-state index contributed by atoms with van der Waals surface area (Å²) in [4.78, 5) is 22.4. The number of para-hydroxylation sites is 1. The first-order chi connectivity index (χ1) is 13.0. The highest BCUT2D eigenvalue weighted by molar-refractivity contribution is 9.10. The van der Waals surface area contributed by atoms with Gasteiger partial charge < -0.3 is 10.5 Å². The minimum Gasteiger partial charge on any atom is -0.452 e. The first kappa shape index (κ1) is 18.6. The fourth-order valence-electron chi connectivity index (χ4n) is 2.40. The third kappa shape index (κ3) is 4.92. The lowest BCUT2D eigenvalue weighted by Crippen LogP contribution is -2.19. The molecule has 1 aromatic heterocycles. The Morgan fingerprint density at radius 1 is 1.11 bits per heavy atom. The number of nitrogens with two attached hydrogens (primary N) is 1. The molecule has 0 saturated carbocycles. The third-order valence-electron chi connectivity index (χ3n) is 3.64. The van der Waals surface area contributed by atoms with E-state index in [0.29, 0.717) is 5.69 Å². The average Bonchev–Trinajstić information content (AvgIpc) is 3.10. The third-order valence-corrected chi connectivity index (χ3v) is 4.17. The molecule has 0 saturated heterocycles. The molecule has 1 amide bonds. The Kier molecular flexibility index (Phi) is 5.83. The van der Waals surface area contributed by atoms with Crippen LogP contribution in [0.15, 0.2) is 71.3 Å². The highest BCUT2D eigenvalue weighted by Crippen LogP contribution is 2.26. The van der Waals surface area contributed by atoms with Crippen LogP contribution in [0.5, 0.6) is 0 Å². The largest absolute Gasteiger partial charge is 0.452 e. The van der Waals surface area contributed by atoms with Gasteiger partial charge in [0.15, 0.2) is 6.61 Å². The van der Waals surface area contributed by atoms with E-state index in [4.69, 9.17) is 10.5 Å². The monoisotopic (exact) mass is 425 g/mol. The number of carbonyl (C=O) groups is 2. The average molecular weight is 426 g/mol. The van der Waals surface area contributed by atoms with Crippen LogP contribution in [0.1, 0.15) is 5.56 Å². The number of primary amides is 1. The molecular weight excluding hydrogens is 410 g/mol. The molecule has 27 heavy (non-hydrogen) atoms. The van der Waals surface area contributed by atoms with E-state index < -0.39 is 18.5 Å². The summed E-state index contributed by atoms with van der Waals surface area (Å²) in [6.07, 6.45) is 4.68. The molecule has 0 aliphatic carbocycles. The Hall–Kier alpha value is -3.19. The minimum absolute atomic E-state index is 0.452. The second-order valence-electron chi connectivity index (χ2n) is 5.63. The van der Waals surface area contributed by atoms with E-state index >= 15 is 0 Å². The molecule has 6 nitrogen and oxygen atoms in total. The number of amides is 1. The van der Waals surface area contributed by atoms with Gasteiger partial charge in [0.2, 0.25) is 0 Å². The molecule has 0 fully saturated rings. The van der Waals surface area contributed by atoms with Crippen molar-refractivity contribution in [3.05, 3.63) is 76.9 Å². The summed E-state index contributed by atoms with van der Waals surface area (Å²) in [5, 5.41) is 4.66. The molecule has 2 N–H and O–H groups in total. The van der Waals surface area contributed by atoms with Crippen LogP contribution in [-0.4, -0.2) is 28.3 Å². The van der Waals surface area contributed by atoms with Gasteiger partial charge in [-0.15, -0.1) is 0 Å². The zero-order valence-corrected chi connectivity index (χ0v) is 15.8. The number of esters is 1. The summed E-state index contributed by atoms with van der Waals surface area (Å²) in [5.74, 6) is -1.35. The van der Waals surface area contributed by atoms with Crippen LogP contribution < -0.4 is 5.73 Å². The Morgan fingerprint density at radius 2 is 1.81 bits per heavy atom. The van der Waals surface area contributed by atoms with Gasteiger partial charge in [-0.3, -0.25) is 4.79 Å². The summed E-state index contributed by atoms with van der Waals surface area (Å²) in [5.41, 5.74) is 8.21. The second kappa shape index (κ2) is 8.46.